The van der Waals surface area contributed by atoms with Crippen LogP contribution in [0.1, 0.15) is 25.7 Å². The van der Waals surface area contributed by atoms with Gasteiger partial charge in [0.1, 0.15) is 6.54 Å². The number of hydrogen-bond acceptors (Lipinski definition) is 4. The number of hydrogen-bond donors (Lipinski definition) is 1. The quantitative estimate of drug-likeness (QED) is 0.683. The largest absolute Gasteiger partial charge is 0.271 e. The van der Waals surface area contributed by atoms with E-state index in [0.29, 0.717) is 5.02 Å². The molecule has 28 heavy (non-hydrogen) atoms. The molecule has 0 aliphatic heterocycles. The van der Waals surface area contributed by atoms with Crippen LogP contribution in [0.3, 0.4) is 0 Å². The maximum atomic E-state index is 13.2. The van der Waals surface area contributed by atoms with Crippen LogP contribution >= 0.6 is 23.2 Å². The Morgan fingerprint density at radius 1 is 1.07 bits per heavy atom. The van der Waals surface area contributed by atoms with Gasteiger partial charge in [0.15, 0.2) is 0 Å². The second-order valence-electron chi connectivity index (χ2n) is 6.34. The van der Waals surface area contributed by atoms with Gasteiger partial charge in [-0.2, -0.15) is 5.10 Å². The van der Waals surface area contributed by atoms with Gasteiger partial charge in [0.05, 0.1) is 15.6 Å². The number of benzene rings is 2. The Morgan fingerprint density at radius 3 is 2.39 bits per heavy atom. The van der Waals surface area contributed by atoms with E-state index in [2.05, 4.69) is 10.5 Å². The SMILES string of the molecule is O=C(CN(c1ccc(Cl)cc1Cl)S(=O)(=O)c1ccccc1)NN=C1CCCC1. The summed E-state index contributed by atoms with van der Waals surface area (Å²) in [5.41, 5.74) is 3.53. The minimum atomic E-state index is -4.03. The summed E-state index contributed by atoms with van der Waals surface area (Å²) in [6.07, 6.45) is 3.78. The highest BCUT2D eigenvalue weighted by Gasteiger charge is 2.28. The molecule has 1 fully saturated rings. The summed E-state index contributed by atoms with van der Waals surface area (Å²) >= 11 is 12.2. The maximum Gasteiger partial charge on any atom is 0.264 e. The Kier molecular flexibility index (Phi) is 6.59. The molecule has 0 heterocycles. The average molecular weight is 440 g/mol. The van der Waals surface area contributed by atoms with Crippen LogP contribution in [-0.2, 0) is 14.8 Å². The number of rotatable bonds is 6. The summed E-state index contributed by atoms with van der Waals surface area (Å²) < 4.78 is 27.3. The molecule has 0 aromatic heterocycles. The number of nitrogens with one attached hydrogen (secondary N) is 1. The molecule has 0 saturated heterocycles. The first-order chi connectivity index (χ1) is 13.4. The van der Waals surface area contributed by atoms with Crippen molar-refractivity contribution < 1.29 is 13.2 Å². The van der Waals surface area contributed by atoms with Crippen molar-refractivity contribution in [2.45, 2.75) is 30.6 Å². The van der Waals surface area contributed by atoms with Crippen molar-refractivity contribution >= 4 is 50.5 Å². The van der Waals surface area contributed by atoms with Crippen molar-refractivity contribution in [1.82, 2.24) is 5.43 Å². The molecular weight excluding hydrogens is 421 g/mol. The van der Waals surface area contributed by atoms with Crippen LogP contribution in [0.5, 0.6) is 0 Å². The number of carbonyl (C=O) groups excluding carboxylic acids is 1. The van der Waals surface area contributed by atoms with E-state index in [4.69, 9.17) is 23.2 Å². The van der Waals surface area contributed by atoms with Crippen LogP contribution in [0.15, 0.2) is 58.5 Å². The van der Waals surface area contributed by atoms with E-state index < -0.39 is 22.5 Å². The molecule has 1 aliphatic carbocycles. The van der Waals surface area contributed by atoms with E-state index in [-0.39, 0.29) is 15.6 Å². The lowest BCUT2D eigenvalue weighted by Gasteiger charge is -2.24. The zero-order valence-corrected chi connectivity index (χ0v) is 17.3. The molecule has 1 amide bonds. The van der Waals surface area contributed by atoms with Crippen molar-refractivity contribution in [2.75, 3.05) is 10.8 Å². The molecule has 0 unspecified atom stereocenters. The number of amides is 1. The molecule has 0 atom stereocenters. The first-order valence-electron chi connectivity index (χ1n) is 8.75. The van der Waals surface area contributed by atoms with E-state index in [9.17, 15) is 13.2 Å². The molecule has 148 valence electrons. The van der Waals surface area contributed by atoms with Gasteiger partial charge in [-0.05, 0) is 56.0 Å². The minimum Gasteiger partial charge on any atom is -0.271 e. The molecule has 2 aromatic carbocycles. The topological polar surface area (TPSA) is 78.8 Å². The van der Waals surface area contributed by atoms with Crippen molar-refractivity contribution in [1.29, 1.82) is 0 Å². The summed E-state index contributed by atoms with van der Waals surface area (Å²) in [5.74, 6) is -0.551. The van der Waals surface area contributed by atoms with E-state index in [1.165, 1.54) is 30.3 Å². The van der Waals surface area contributed by atoms with Gasteiger partial charge >= 0.3 is 0 Å². The fourth-order valence-corrected chi connectivity index (χ4v) is 4.93. The molecular formula is C19H19Cl2N3O3S. The Morgan fingerprint density at radius 2 is 1.75 bits per heavy atom. The number of halogens is 2. The molecule has 0 spiro atoms. The van der Waals surface area contributed by atoms with Gasteiger partial charge in [0.2, 0.25) is 0 Å². The Labute approximate surface area is 174 Å². The predicted molar refractivity (Wildman–Crippen MR) is 111 cm³/mol. The summed E-state index contributed by atoms with van der Waals surface area (Å²) in [6.45, 7) is -0.463. The highest BCUT2D eigenvalue weighted by atomic mass is 35.5. The standard InChI is InChI=1S/C19H19Cl2N3O3S/c20-14-10-11-18(17(21)12-14)24(28(26,27)16-8-2-1-3-9-16)13-19(25)23-22-15-6-4-5-7-15/h1-3,8-12H,4-7,13H2,(H,23,25). The van der Waals surface area contributed by atoms with Crippen LogP contribution < -0.4 is 9.73 Å². The number of carbonyl (C=O) groups is 1. The van der Waals surface area contributed by atoms with Gasteiger partial charge in [-0.25, -0.2) is 13.8 Å². The second kappa shape index (κ2) is 8.94. The second-order valence-corrected chi connectivity index (χ2v) is 9.05. The molecule has 0 bridgehead atoms. The van der Waals surface area contributed by atoms with E-state index in [1.807, 2.05) is 0 Å². The van der Waals surface area contributed by atoms with Crippen LogP contribution in [0.4, 0.5) is 5.69 Å². The Bertz CT molecular complexity index is 987. The van der Waals surface area contributed by atoms with E-state index >= 15 is 0 Å². The van der Waals surface area contributed by atoms with Gasteiger partial charge in [0, 0.05) is 10.7 Å². The van der Waals surface area contributed by atoms with Crippen molar-refractivity contribution in [3.63, 3.8) is 0 Å². The maximum absolute atomic E-state index is 13.2. The summed E-state index contributed by atoms with van der Waals surface area (Å²) in [7, 11) is -4.03. The summed E-state index contributed by atoms with van der Waals surface area (Å²) in [4.78, 5) is 12.5. The van der Waals surface area contributed by atoms with Gasteiger partial charge < -0.3 is 0 Å². The third-order valence-corrected chi connectivity index (χ3v) is 6.63. The van der Waals surface area contributed by atoms with Crippen LogP contribution in [-0.4, -0.2) is 26.6 Å². The molecule has 3 rings (SSSR count). The molecule has 1 saturated carbocycles. The zero-order chi connectivity index (χ0) is 20.1. The molecule has 1 aliphatic rings. The van der Waals surface area contributed by atoms with Crippen molar-refractivity contribution in [3.8, 4) is 0 Å². The minimum absolute atomic E-state index is 0.0518. The van der Waals surface area contributed by atoms with Crippen molar-refractivity contribution in [3.05, 3.63) is 58.6 Å². The number of nitrogens with zero attached hydrogens (tertiary/aromatic N) is 2. The van der Waals surface area contributed by atoms with Crippen LogP contribution in [0.25, 0.3) is 0 Å². The van der Waals surface area contributed by atoms with E-state index in [1.54, 1.807) is 18.2 Å². The summed E-state index contributed by atoms with van der Waals surface area (Å²) in [5, 5.41) is 4.59. The third kappa shape index (κ3) is 4.84. The summed E-state index contributed by atoms with van der Waals surface area (Å²) in [6, 6.07) is 12.3. The zero-order valence-electron chi connectivity index (χ0n) is 14.9. The number of hydrazone groups is 1. The lowest BCUT2D eigenvalue weighted by Crippen LogP contribution is -2.40. The Hall–Kier alpha value is -2.09. The highest BCUT2D eigenvalue weighted by Crippen LogP contribution is 2.32. The first-order valence-corrected chi connectivity index (χ1v) is 10.9. The van der Waals surface area contributed by atoms with Gasteiger partial charge in [0.25, 0.3) is 15.9 Å². The number of sulfonamides is 1. The average Bonchev–Trinajstić information content (AvgIpc) is 3.19. The van der Waals surface area contributed by atoms with Crippen LogP contribution in [0.2, 0.25) is 10.0 Å². The molecule has 6 nitrogen and oxygen atoms in total. The fraction of sp³-hybridized carbons (Fsp3) is 0.263. The smallest absolute Gasteiger partial charge is 0.264 e. The molecule has 1 N–H and O–H groups in total. The lowest BCUT2D eigenvalue weighted by atomic mass is 10.3. The van der Waals surface area contributed by atoms with Gasteiger partial charge in [-0.1, -0.05) is 41.4 Å². The first kappa shape index (κ1) is 20.6. The lowest BCUT2D eigenvalue weighted by molar-refractivity contribution is -0.119. The van der Waals surface area contributed by atoms with Gasteiger partial charge in [-0.3, -0.25) is 9.10 Å². The van der Waals surface area contributed by atoms with Gasteiger partial charge in [-0.15, -0.1) is 0 Å². The third-order valence-electron chi connectivity index (χ3n) is 4.32. The predicted octanol–water partition coefficient (Wildman–Crippen LogP) is 4.23. The van der Waals surface area contributed by atoms with Crippen LogP contribution in [0, 0.1) is 0 Å². The molecule has 2 aromatic rings. The van der Waals surface area contributed by atoms with Crippen molar-refractivity contribution in [2.24, 2.45) is 5.10 Å². The Balaban J connectivity index is 1.92. The normalized spacial score (nSPS) is 14.0. The highest BCUT2D eigenvalue weighted by molar-refractivity contribution is 7.92. The number of anilines is 1. The molecule has 9 heteroatoms. The fourth-order valence-electron chi connectivity index (χ4n) is 2.90. The molecule has 0 radical (unpaired) electrons. The van der Waals surface area contributed by atoms with E-state index in [0.717, 1.165) is 35.7 Å². The monoisotopic (exact) mass is 439 g/mol.